The van der Waals surface area contributed by atoms with Gasteiger partial charge in [0, 0.05) is 54.6 Å². The molecule has 1 amide bonds. The molecule has 2 atom stereocenters. The van der Waals surface area contributed by atoms with Crippen LogP contribution in [0.1, 0.15) is 125 Å². The summed E-state index contributed by atoms with van der Waals surface area (Å²) in [7, 11) is -4.62. The van der Waals surface area contributed by atoms with Crippen molar-refractivity contribution in [1.29, 1.82) is 0 Å². The average Bonchev–Trinajstić information content (AvgIpc) is 3.98. The number of H-pyrrole nitrogens is 1. The molecule has 4 fully saturated rings. The summed E-state index contributed by atoms with van der Waals surface area (Å²) in [5, 5.41) is 16.4. The number of hydrogen-bond donors (Lipinski definition) is 3. The Balaban J connectivity index is 0.855. The van der Waals surface area contributed by atoms with E-state index in [-0.39, 0.29) is 40.2 Å². The van der Waals surface area contributed by atoms with Crippen molar-refractivity contribution in [1.82, 2.24) is 19.6 Å². The predicted octanol–water partition coefficient (Wildman–Crippen LogP) is 10.5. The van der Waals surface area contributed by atoms with Gasteiger partial charge in [-0.1, -0.05) is 52.0 Å². The average molecular weight is 916 g/mol. The zero-order valence-corrected chi connectivity index (χ0v) is 39.2. The van der Waals surface area contributed by atoms with E-state index in [0.29, 0.717) is 41.4 Å². The third-order valence-electron chi connectivity index (χ3n) is 15.5. The molecule has 15 heteroatoms. The molecular formula is C51H61N7O7S. The summed E-state index contributed by atoms with van der Waals surface area (Å²) in [5.74, 6) is 0.318. The highest BCUT2D eigenvalue weighted by Gasteiger charge is 2.50. The molecular weight excluding hydrogens is 855 g/mol. The highest BCUT2D eigenvalue weighted by molar-refractivity contribution is 7.90. The first kappa shape index (κ1) is 44.2. The van der Waals surface area contributed by atoms with Gasteiger partial charge in [0.1, 0.15) is 23.3 Å². The maximum Gasteiger partial charge on any atom is 0.314 e. The number of nitrogens with zero attached hydrogens (tertiary/aromatic N) is 4. The number of carbonyl (C=O) groups excluding carboxylic acids is 1. The number of piperidine rings is 1. The molecule has 1 spiro atoms. The number of fused-ring (bicyclic) bond motifs is 2. The van der Waals surface area contributed by atoms with Gasteiger partial charge in [-0.2, -0.15) is 0 Å². The van der Waals surface area contributed by atoms with Crippen LogP contribution in [0.25, 0.3) is 11.0 Å². The Hall–Kier alpha value is -5.67. The first-order valence-electron chi connectivity index (χ1n) is 23.8. The van der Waals surface area contributed by atoms with Crippen molar-refractivity contribution >= 4 is 44.0 Å². The monoisotopic (exact) mass is 915 g/mol. The molecule has 3 aliphatic heterocycles. The first-order chi connectivity index (χ1) is 31.6. The third-order valence-corrected chi connectivity index (χ3v) is 16.8. The largest absolute Gasteiger partial charge is 0.480 e. The van der Waals surface area contributed by atoms with Crippen molar-refractivity contribution in [2.24, 2.45) is 16.7 Å². The number of sulfonamides is 1. The minimum absolute atomic E-state index is 0.00915. The van der Waals surface area contributed by atoms with Gasteiger partial charge in [-0.3, -0.25) is 19.8 Å². The number of amides is 1. The number of rotatable bonds is 11. The van der Waals surface area contributed by atoms with Crippen molar-refractivity contribution in [2.45, 2.75) is 121 Å². The van der Waals surface area contributed by atoms with Crippen molar-refractivity contribution < 1.29 is 27.6 Å². The van der Waals surface area contributed by atoms with E-state index in [1.807, 2.05) is 12.1 Å². The number of pyridine rings is 1. The predicted molar refractivity (Wildman–Crippen MR) is 255 cm³/mol. The first-order valence-corrected chi connectivity index (χ1v) is 25.3. The molecule has 66 heavy (non-hydrogen) atoms. The number of likely N-dealkylation sites (tertiary alicyclic amines) is 1. The van der Waals surface area contributed by atoms with E-state index in [4.69, 9.17) is 9.47 Å². The molecule has 2 saturated heterocycles. The van der Waals surface area contributed by atoms with Gasteiger partial charge in [0.05, 0.1) is 33.8 Å². The molecule has 2 aliphatic carbocycles. The quantitative estimate of drug-likeness (QED) is 0.0850. The van der Waals surface area contributed by atoms with Crippen LogP contribution in [0.5, 0.6) is 17.2 Å². The Morgan fingerprint density at radius 2 is 1.76 bits per heavy atom. The molecule has 5 heterocycles. The Morgan fingerprint density at radius 1 is 0.985 bits per heavy atom. The molecule has 5 aromatic rings. The van der Waals surface area contributed by atoms with E-state index in [9.17, 15) is 23.3 Å². The van der Waals surface area contributed by atoms with Crippen molar-refractivity contribution in [3.63, 3.8) is 0 Å². The number of carbonyl (C=O) groups is 1. The second kappa shape index (κ2) is 17.2. The smallest absolute Gasteiger partial charge is 0.314 e. The van der Waals surface area contributed by atoms with E-state index in [2.05, 4.69) is 81.8 Å². The Bertz CT molecular complexity index is 2760. The topological polar surface area (TPSA) is 172 Å². The minimum atomic E-state index is -4.62. The molecule has 10 rings (SSSR count). The summed E-state index contributed by atoms with van der Waals surface area (Å²) < 4.78 is 42.8. The fourth-order valence-electron chi connectivity index (χ4n) is 11.6. The molecule has 348 valence electrons. The molecule has 2 aromatic heterocycles. The summed E-state index contributed by atoms with van der Waals surface area (Å²) in [6.45, 7) is 12.3. The summed E-state index contributed by atoms with van der Waals surface area (Å²) in [4.78, 5) is 38.1. The molecule has 14 nitrogen and oxygen atoms in total. The molecule has 0 unspecified atom stereocenters. The maximum absolute atomic E-state index is 14.1. The lowest BCUT2D eigenvalue weighted by atomic mass is 9.59. The van der Waals surface area contributed by atoms with Crippen molar-refractivity contribution in [2.75, 3.05) is 36.4 Å². The molecule has 3 N–H and O–H groups in total. The number of nitrogens with one attached hydrogen (secondary N) is 3. The normalized spacial score (nSPS) is 22.1. The maximum atomic E-state index is 14.1. The van der Waals surface area contributed by atoms with Crippen LogP contribution in [0.3, 0.4) is 0 Å². The number of anilines is 2. The van der Waals surface area contributed by atoms with Crippen LogP contribution in [-0.2, 0) is 10.0 Å². The molecule has 3 aromatic carbocycles. The van der Waals surface area contributed by atoms with Crippen LogP contribution in [0.4, 0.5) is 17.1 Å². The Kier molecular flexibility index (Phi) is 11.5. The fourth-order valence-corrected chi connectivity index (χ4v) is 12.6. The highest BCUT2D eigenvalue weighted by Crippen LogP contribution is 2.54. The van der Waals surface area contributed by atoms with Crippen LogP contribution < -0.4 is 24.4 Å². The summed E-state index contributed by atoms with van der Waals surface area (Å²) in [5.41, 5.74) is 4.75. The number of nitro benzene ring substituents is 1. The van der Waals surface area contributed by atoms with Gasteiger partial charge in [0.25, 0.3) is 15.9 Å². The lowest BCUT2D eigenvalue weighted by molar-refractivity contribution is -0.386. The Labute approximate surface area is 387 Å². The van der Waals surface area contributed by atoms with Crippen molar-refractivity contribution in [3.05, 3.63) is 106 Å². The van der Waals surface area contributed by atoms with Crippen LogP contribution in [0.2, 0.25) is 0 Å². The minimum Gasteiger partial charge on any atom is -0.480 e. The zero-order valence-electron chi connectivity index (χ0n) is 38.3. The fraction of sp³-hybridized carbons (Fsp3) is 0.490. The second-order valence-electron chi connectivity index (χ2n) is 20.6. The standard InChI is InChI=1S/C51H61N7O7S/c1-32(2)39-8-5-6-9-40(39)43-10-7-21-57(43)36-28-51(29-36)18-22-56(23-19-51)35-11-12-41(45(25-35)64-37-24-34-15-20-52-48(34)54-30-37)49(59)55-66(62,63)38-26-42-47(44(27-38)58(60)61)65-46(31-53-42)33-13-16-50(3,4)17-14-33/h5-6,8-9,11-12,15,20,24-27,30,32-33,36,43,46,53H,7,10,13-14,16-19,21-23,28-29,31H2,1-4H3,(H,52,54)(H,55,59)/t43-,46-/m1/s1. The van der Waals surface area contributed by atoms with Crippen LogP contribution in [-0.4, -0.2) is 72.4 Å². The summed E-state index contributed by atoms with van der Waals surface area (Å²) >= 11 is 0. The summed E-state index contributed by atoms with van der Waals surface area (Å²) in [6.07, 6.45) is 14.0. The molecule has 5 aliphatic rings. The van der Waals surface area contributed by atoms with Gasteiger partial charge in [-0.05, 0) is 135 Å². The van der Waals surface area contributed by atoms with E-state index in [1.165, 1.54) is 42.9 Å². The van der Waals surface area contributed by atoms with Gasteiger partial charge >= 0.3 is 5.69 Å². The lowest BCUT2D eigenvalue weighted by Gasteiger charge is -2.56. The number of aromatic nitrogens is 2. The van der Waals surface area contributed by atoms with Crippen LogP contribution >= 0.6 is 0 Å². The third kappa shape index (κ3) is 8.60. The van der Waals surface area contributed by atoms with E-state index >= 15 is 0 Å². The number of ether oxygens (including phenoxy) is 2. The van der Waals surface area contributed by atoms with E-state index in [0.717, 1.165) is 75.3 Å². The van der Waals surface area contributed by atoms with Gasteiger partial charge in [0.15, 0.2) is 0 Å². The molecule has 0 radical (unpaired) electrons. The van der Waals surface area contributed by atoms with E-state index < -0.39 is 31.4 Å². The van der Waals surface area contributed by atoms with Gasteiger partial charge in [-0.25, -0.2) is 18.1 Å². The van der Waals surface area contributed by atoms with Crippen LogP contribution in [0, 0.1) is 26.9 Å². The highest BCUT2D eigenvalue weighted by atomic mass is 32.2. The van der Waals surface area contributed by atoms with E-state index in [1.54, 1.807) is 30.6 Å². The summed E-state index contributed by atoms with van der Waals surface area (Å²) in [6, 6.07) is 21.2. The van der Waals surface area contributed by atoms with Crippen LogP contribution in [0.15, 0.2) is 84.0 Å². The van der Waals surface area contributed by atoms with Gasteiger partial charge < -0.3 is 24.7 Å². The van der Waals surface area contributed by atoms with Gasteiger partial charge in [-0.15, -0.1) is 0 Å². The number of benzene rings is 3. The molecule has 2 saturated carbocycles. The lowest BCUT2D eigenvalue weighted by Crippen LogP contribution is -2.54. The Morgan fingerprint density at radius 3 is 2.52 bits per heavy atom. The SMILES string of the molecule is CC(C)c1ccccc1[C@H]1CCCN1C1CC2(CCN(c3ccc(C(=O)NS(=O)(=O)c4cc5c(c([N+](=O)[O-])c4)O[C@@H](C4CCC(C)(C)CC4)CN5)c(Oc4cnc5[nH]ccc5c4)c3)CC2)C1. The zero-order chi connectivity index (χ0) is 46.0. The van der Waals surface area contributed by atoms with Gasteiger partial charge in [0.2, 0.25) is 5.75 Å². The second-order valence-corrected chi connectivity index (χ2v) is 22.3. The molecule has 0 bridgehead atoms. The number of aromatic amines is 1. The van der Waals surface area contributed by atoms with Crippen molar-refractivity contribution in [3.8, 4) is 17.2 Å². The number of nitro groups is 1. The number of hydrogen-bond acceptors (Lipinski definition) is 11.